The number of nitrogen functional groups attached to an aromatic ring is 1. The summed E-state index contributed by atoms with van der Waals surface area (Å²) in [5.41, 5.74) is 4.71. The van der Waals surface area contributed by atoms with Crippen LogP contribution in [0.5, 0.6) is 0 Å². The lowest BCUT2D eigenvalue weighted by molar-refractivity contribution is -0.136. The average molecular weight is 307 g/mol. The molecule has 3 N–H and O–H groups in total. The van der Waals surface area contributed by atoms with E-state index in [1.54, 1.807) is 12.1 Å². The van der Waals surface area contributed by atoms with E-state index in [0.717, 1.165) is 10.9 Å². The second kappa shape index (κ2) is 5.30. The molecule has 0 spiro atoms. The van der Waals surface area contributed by atoms with Gasteiger partial charge in [0.25, 0.3) is 0 Å². The topological polar surface area (TPSA) is 38.0 Å². The lowest BCUT2D eigenvalue weighted by Crippen LogP contribution is -2.11. The van der Waals surface area contributed by atoms with Gasteiger partial charge in [-0.25, -0.2) is 0 Å². The SMILES string of the molecule is Nc1ccc(NCc2ccc(Cl)s2)c(C(F)(F)F)c1. The number of halogens is 4. The van der Waals surface area contributed by atoms with Crippen molar-refractivity contribution in [1.29, 1.82) is 0 Å². The quantitative estimate of drug-likeness (QED) is 0.812. The van der Waals surface area contributed by atoms with Crippen molar-refractivity contribution in [3.8, 4) is 0 Å². The Morgan fingerprint density at radius 3 is 2.53 bits per heavy atom. The molecule has 0 aliphatic heterocycles. The smallest absolute Gasteiger partial charge is 0.399 e. The van der Waals surface area contributed by atoms with Crippen LogP contribution in [0.25, 0.3) is 0 Å². The zero-order valence-corrected chi connectivity index (χ0v) is 11.2. The highest BCUT2D eigenvalue weighted by Crippen LogP contribution is 2.36. The van der Waals surface area contributed by atoms with Crippen molar-refractivity contribution in [1.82, 2.24) is 0 Å². The molecule has 0 radical (unpaired) electrons. The summed E-state index contributed by atoms with van der Waals surface area (Å²) >= 11 is 7.08. The van der Waals surface area contributed by atoms with Crippen molar-refractivity contribution < 1.29 is 13.2 Å². The van der Waals surface area contributed by atoms with Crippen LogP contribution in [0.4, 0.5) is 24.5 Å². The molecule has 0 aliphatic carbocycles. The Balaban J connectivity index is 2.20. The molecule has 0 amide bonds. The molecule has 0 atom stereocenters. The fourth-order valence-electron chi connectivity index (χ4n) is 1.58. The van der Waals surface area contributed by atoms with E-state index in [2.05, 4.69) is 5.32 Å². The average Bonchev–Trinajstić information content (AvgIpc) is 2.72. The molecular formula is C12H10ClF3N2S. The van der Waals surface area contributed by atoms with Crippen LogP contribution >= 0.6 is 22.9 Å². The fourth-order valence-corrected chi connectivity index (χ4v) is 2.61. The number of nitrogens with two attached hydrogens (primary N) is 1. The lowest BCUT2D eigenvalue weighted by Gasteiger charge is -2.14. The highest BCUT2D eigenvalue weighted by molar-refractivity contribution is 7.16. The Hall–Kier alpha value is -1.40. The van der Waals surface area contributed by atoms with E-state index >= 15 is 0 Å². The first-order valence-electron chi connectivity index (χ1n) is 5.31. The van der Waals surface area contributed by atoms with Crippen LogP contribution in [-0.2, 0) is 12.7 Å². The zero-order chi connectivity index (χ0) is 14.0. The molecule has 102 valence electrons. The molecule has 2 rings (SSSR count). The standard InChI is InChI=1S/C12H10ClF3N2S/c13-11-4-2-8(19-11)6-18-10-3-1-7(17)5-9(10)12(14,15)16/h1-5,18H,6,17H2. The predicted molar refractivity (Wildman–Crippen MR) is 72.5 cm³/mol. The normalized spacial score (nSPS) is 11.6. The van der Waals surface area contributed by atoms with Gasteiger partial charge in [0.15, 0.2) is 0 Å². The van der Waals surface area contributed by atoms with Crippen molar-refractivity contribution in [3.05, 3.63) is 45.1 Å². The van der Waals surface area contributed by atoms with Crippen molar-refractivity contribution in [2.45, 2.75) is 12.7 Å². The highest BCUT2D eigenvalue weighted by atomic mass is 35.5. The highest BCUT2D eigenvalue weighted by Gasteiger charge is 2.33. The van der Waals surface area contributed by atoms with Crippen LogP contribution in [0.2, 0.25) is 4.34 Å². The second-order valence-corrected chi connectivity index (χ2v) is 5.66. The zero-order valence-electron chi connectivity index (χ0n) is 9.59. The van der Waals surface area contributed by atoms with E-state index in [1.165, 1.54) is 23.5 Å². The molecule has 0 saturated carbocycles. The van der Waals surface area contributed by atoms with E-state index in [0.29, 0.717) is 4.34 Å². The molecule has 1 aromatic carbocycles. The van der Waals surface area contributed by atoms with Crippen molar-refractivity contribution in [2.75, 3.05) is 11.1 Å². The number of anilines is 2. The van der Waals surface area contributed by atoms with Crippen LogP contribution in [0, 0.1) is 0 Å². The third-order valence-corrected chi connectivity index (χ3v) is 3.66. The van der Waals surface area contributed by atoms with Crippen molar-refractivity contribution >= 4 is 34.3 Å². The summed E-state index contributed by atoms with van der Waals surface area (Å²) in [6, 6.07) is 7.15. The summed E-state index contributed by atoms with van der Waals surface area (Å²) in [5, 5.41) is 2.75. The van der Waals surface area contributed by atoms with Gasteiger partial charge >= 0.3 is 6.18 Å². The van der Waals surface area contributed by atoms with Crippen LogP contribution in [-0.4, -0.2) is 0 Å². The number of nitrogens with one attached hydrogen (secondary N) is 1. The Morgan fingerprint density at radius 2 is 1.95 bits per heavy atom. The monoisotopic (exact) mass is 306 g/mol. The van der Waals surface area contributed by atoms with Crippen molar-refractivity contribution in [2.24, 2.45) is 0 Å². The number of alkyl halides is 3. The van der Waals surface area contributed by atoms with Crippen LogP contribution in [0.15, 0.2) is 30.3 Å². The van der Waals surface area contributed by atoms with Crippen LogP contribution in [0.3, 0.4) is 0 Å². The van der Waals surface area contributed by atoms with E-state index in [1.807, 2.05) is 0 Å². The molecule has 0 saturated heterocycles. The molecule has 0 unspecified atom stereocenters. The molecule has 2 aromatic rings. The molecule has 7 heteroatoms. The van der Waals surface area contributed by atoms with Gasteiger partial charge in [-0.05, 0) is 30.3 Å². The maximum Gasteiger partial charge on any atom is 0.418 e. The number of rotatable bonds is 3. The third kappa shape index (κ3) is 3.54. The first-order valence-corrected chi connectivity index (χ1v) is 6.50. The minimum atomic E-state index is -4.44. The van der Waals surface area contributed by atoms with Gasteiger partial charge < -0.3 is 11.1 Å². The molecule has 2 nitrogen and oxygen atoms in total. The van der Waals surface area contributed by atoms with Gasteiger partial charge in [0.2, 0.25) is 0 Å². The molecule has 1 aromatic heterocycles. The number of hydrogen-bond donors (Lipinski definition) is 2. The first-order chi connectivity index (χ1) is 8.86. The molecule has 0 aliphatic rings. The van der Waals surface area contributed by atoms with E-state index in [4.69, 9.17) is 17.3 Å². The summed E-state index contributed by atoms with van der Waals surface area (Å²) in [7, 11) is 0. The maximum absolute atomic E-state index is 12.8. The van der Waals surface area contributed by atoms with E-state index in [9.17, 15) is 13.2 Å². The fraction of sp³-hybridized carbons (Fsp3) is 0.167. The van der Waals surface area contributed by atoms with Crippen LogP contribution in [0.1, 0.15) is 10.4 Å². The third-order valence-electron chi connectivity index (χ3n) is 2.43. The summed E-state index contributed by atoms with van der Waals surface area (Å²) in [4.78, 5) is 0.856. The lowest BCUT2D eigenvalue weighted by atomic mass is 10.1. The Labute approximate surface area is 117 Å². The van der Waals surface area contributed by atoms with Gasteiger partial charge in [0.1, 0.15) is 0 Å². The summed E-state index contributed by atoms with van der Waals surface area (Å²) < 4.78 is 39.1. The van der Waals surface area contributed by atoms with Gasteiger partial charge in [-0.3, -0.25) is 0 Å². The maximum atomic E-state index is 12.8. The largest absolute Gasteiger partial charge is 0.418 e. The Bertz CT molecular complexity index is 581. The van der Waals surface area contributed by atoms with Gasteiger partial charge in [-0.1, -0.05) is 11.6 Å². The second-order valence-electron chi connectivity index (χ2n) is 3.86. The number of hydrogen-bond acceptors (Lipinski definition) is 3. The number of benzene rings is 1. The molecule has 1 heterocycles. The van der Waals surface area contributed by atoms with Gasteiger partial charge in [0.05, 0.1) is 9.90 Å². The van der Waals surface area contributed by atoms with Crippen molar-refractivity contribution in [3.63, 3.8) is 0 Å². The Morgan fingerprint density at radius 1 is 1.21 bits per heavy atom. The predicted octanol–water partition coefficient (Wildman–Crippen LogP) is 4.61. The summed E-state index contributed by atoms with van der Waals surface area (Å²) in [6.45, 7) is 0.282. The first kappa shape index (κ1) is 14.0. The molecule has 19 heavy (non-hydrogen) atoms. The summed E-state index contributed by atoms with van der Waals surface area (Å²) in [5.74, 6) is 0. The molecule has 0 bridgehead atoms. The van der Waals surface area contributed by atoms with Crippen LogP contribution < -0.4 is 11.1 Å². The minimum absolute atomic E-state index is 0.00576. The van der Waals surface area contributed by atoms with Gasteiger partial charge in [-0.2, -0.15) is 13.2 Å². The van der Waals surface area contributed by atoms with Gasteiger partial charge in [-0.15, -0.1) is 11.3 Å². The summed E-state index contributed by atoms with van der Waals surface area (Å²) in [6.07, 6.45) is -4.44. The Kier molecular flexibility index (Phi) is 3.91. The van der Waals surface area contributed by atoms with E-state index in [-0.39, 0.29) is 17.9 Å². The minimum Gasteiger partial charge on any atom is -0.399 e. The molecular weight excluding hydrogens is 297 g/mol. The number of thiophene rings is 1. The van der Waals surface area contributed by atoms with E-state index < -0.39 is 11.7 Å². The molecule has 0 fully saturated rings. The van der Waals surface area contributed by atoms with Gasteiger partial charge in [0, 0.05) is 22.8 Å².